The summed E-state index contributed by atoms with van der Waals surface area (Å²) in [6.07, 6.45) is 0. The molecule has 27 heavy (non-hydrogen) atoms. The third-order valence-corrected chi connectivity index (χ3v) is 4.68. The zero-order valence-electron chi connectivity index (χ0n) is 14.8. The first-order chi connectivity index (χ1) is 13.1. The van der Waals surface area contributed by atoms with Gasteiger partial charge in [0.05, 0.1) is 12.9 Å². The molecular weight excluding hydrogens is 373 g/mol. The Morgan fingerprint density at radius 1 is 1.26 bits per heavy atom. The Kier molecular flexibility index (Phi) is 6.12. The second kappa shape index (κ2) is 8.72. The Hall–Kier alpha value is -2.81. The van der Waals surface area contributed by atoms with Crippen LogP contribution in [0.1, 0.15) is 29.1 Å². The van der Waals surface area contributed by atoms with E-state index in [2.05, 4.69) is 14.9 Å². The van der Waals surface area contributed by atoms with Gasteiger partial charge < -0.3 is 18.5 Å². The SMILES string of the molecule is CCn1c(COc2ccccc2F)nnc1SCc1ccc(C(=O)OC)o1. The average Bonchev–Trinajstić information content (AvgIpc) is 3.31. The van der Waals surface area contributed by atoms with E-state index in [9.17, 15) is 9.18 Å². The molecule has 7 nitrogen and oxygen atoms in total. The maximum absolute atomic E-state index is 13.7. The summed E-state index contributed by atoms with van der Waals surface area (Å²) in [4.78, 5) is 11.4. The summed E-state index contributed by atoms with van der Waals surface area (Å²) in [6, 6.07) is 9.50. The van der Waals surface area contributed by atoms with Crippen LogP contribution in [0.4, 0.5) is 4.39 Å². The van der Waals surface area contributed by atoms with E-state index in [1.807, 2.05) is 11.5 Å². The molecule has 0 radical (unpaired) electrons. The van der Waals surface area contributed by atoms with Crippen molar-refractivity contribution in [3.63, 3.8) is 0 Å². The average molecular weight is 391 g/mol. The number of hydrogen-bond donors (Lipinski definition) is 0. The molecule has 2 aromatic heterocycles. The molecule has 0 atom stereocenters. The zero-order valence-corrected chi connectivity index (χ0v) is 15.7. The number of furan rings is 1. The number of hydrogen-bond acceptors (Lipinski definition) is 7. The predicted molar refractivity (Wildman–Crippen MR) is 96.0 cm³/mol. The lowest BCUT2D eigenvalue weighted by Gasteiger charge is -2.09. The lowest BCUT2D eigenvalue weighted by atomic mass is 10.3. The van der Waals surface area contributed by atoms with Crippen LogP contribution in [0, 0.1) is 5.82 Å². The van der Waals surface area contributed by atoms with Gasteiger partial charge >= 0.3 is 5.97 Å². The van der Waals surface area contributed by atoms with Crippen molar-refractivity contribution < 1.29 is 23.1 Å². The number of carbonyl (C=O) groups is 1. The van der Waals surface area contributed by atoms with Gasteiger partial charge in [-0.05, 0) is 31.2 Å². The Balaban J connectivity index is 1.64. The number of nitrogens with zero attached hydrogens (tertiary/aromatic N) is 3. The minimum atomic E-state index is -0.518. The minimum absolute atomic E-state index is 0.107. The number of halogens is 1. The van der Waals surface area contributed by atoms with Crippen LogP contribution in [0.15, 0.2) is 46.0 Å². The summed E-state index contributed by atoms with van der Waals surface area (Å²) in [6.45, 7) is 2.70. The Morgan fingerprint density at radius 3 is 2.81 bits per heavy atom. The van der Waals surface area contributed by atoms with E-state index in [-0.39, 0.29) is 18.1 Å². The Morgan fingerprint density at radius 2 is 2.07 bits per heavy atom. The van der Waals surface area contributed by atoms with Gasteiger partial charge in [-0.2, -0.15) is 0 Å². The van der Waals surface area contributed by atoms with Crippen LogP contribution in [0.5, 0.6) is 5.75 Å². The van der Waals surface area contributed by atoms with Gasteiger partial charge in [-0.1, -0.05) is 23.9 Å². The fourth-order valence-corrected chi connectivity index (χ4v) is 3.27. The number of methoxy groups -OCH3 is 1. The normalized spacial score (nSPS) is 10.8. The first kappa shape index (κ1) is 19.0. The van der Waals surface area contributed by atoms with Crippen molar-refractivity contribution >= 4 is 17.7 Å². The second-order valence-corrected chi connectivity index (χ2v) is 6.35. The third kappa shape index (κ3) is 4.48. The van der Waals surface area contributed by atoms with Crippen molar-refractivity contribution in [2.75, 3.05) is 7.11 Å². The van der Waals surface area contributed by atoms with Crippen LogP contribution in [0.2, 0.25) is 0 Å². The highest BCUT2D eigenvalue weighted by molar-refractivity contribution is 7.98. The van der Waals surface area contributed by atoms with Crippen molar-refractivity contribution in [1.29, 1.82) is 0 Å². The van der Waals surface area contributed by atoms with E-state index >= 15 is 0 Å². The van der Waals surface area contributed by atoms with Gasteiger partial charge in [0.25, 0.3) is 0 Å². The van der Waals surface area contributed by atoms with Crippen molar-refractivity contribution in [3.8, 4) is 5.75 Å². The third-order valence-electron chi connectivity index (χ3n) is 3.69. The standard InChI is InChI=1S/C18H18FN3O4S/c1-3-22-16(10-25-14-7-5-4-6-13(14)19)20-21-18(22)27-11-12-8-9-15(26-12)17(23)24-2/h4-9H,3,10-11H2,1-2H3. The summed E-state index contributed by atoms with van der Waals surface area (Å²) in [5.74, 6) is 1.08. The molecule has 0 aliphatic carbocycles. The van der Waals surface area contributed by atoms with Crippen LogP contribution in [-0.4, -0.2) is 27.8 Å². The molecule has 0 saturated heterocycles. The monoisotopic (exact) mass is 391 g/mol. The van der Waals surface area contributed by atoms with Crippen molar-refractivity contribution in [1.82, 2.24) is 14.8 Å². The van der Waals surface area contributed by atoms with Crippen LogP contribution in [0.3, 0.4) is 0 Å². The molecule has 1 aromatic carbocycles. The maximum Gasteiger partial charge on any atom is 0.373 e. The quantitative estimate of drug-likeness (QED) is 0.428. The number of benzene rings is 1. The summed E-state index contributed by atoms with van der Waals surface area (Å²) in [5, 5.41) is 8.98. The number of carbonyl (C=O) groups excluding carboxylic acids is 1. The van der Waals surface area contributed by atoms with Gasteiger partial charge in [0.1, 0.15) is 12.4 Å². The number of rotatable bonds is 8. The van der Waals surface area contributed by atoms with E-state index in [1.165, 1.54) is 24.9 Å². The highest BCUT2D eigenvalue weighted by Crippen LogP contribution is 2.24. The second-order valence-electron chi connectivity index (χ2n) is 5.41. The number of ether oxygens (including phenoxy) is 2. The predicted octanol–water partition coefficient (Wildman–Crippen LogP) is 3.69. The van der Waals surface area contributed by atoms with Gasteiger partial charge in [0.15, 0.2) is 22.5 Å². The van der Waals surface area contributed by atoms with Crippen LogP contribution in [-0.2, 0) is 23.6 Å². The molecule has 2 heterocycles. The van der Waals surface area contributed by atoms with Gasteiger partial charge in [-0.3, -0.25) is 0 Å². The fraction of sp³-hybridized carbons (Fsp3) is 0.278. The molecule has 0 fully saturated rings. The van der Waals surface area contributed by atoms with Crippen molar-refractivity contribution in [2.24, 2.45) is 0 Å². The van der Waals surface area contributed by atoms with E-state index in [4.69, 9.17) is 9.15 Å². The largest absolute Gasteiger partial charge is 0.483 e. The summed E-state index contributed by atoms with van der Waals surface area (Å²) >= 11 is 1.42. The Bertz CT molecular complexity index is 925. The van der Waals surface area contributed by atoms with Gasteiger partial charge in [-0.15, -0.1) is 10.2 Å². The molecule has 3 aromatic rings. The molecule has 0 unspecified atom stereocenters. The topological polar surface area (TPSA) is 79.4 Å². The zero-order chi connectivity index (χ0) is 19.2. The first-order valence-corrected chi connectivity index (χ1v) is 9.20. The smallest absolute Gasteiger partial charge is 0.373 e. The molecule has 0 N–H and O–H groups in total. The molecule has 0 bridgehead atoms. The van der Waals surface area contributed by atoms with Crippen LogP contribution >= 0.6 is 11.8 Å². The number of para-hydroxylation sites is 1. The van der Waals surface area contributed by atoms with E-state index in [0.717, 1.165) is 0 Å². The first-order valence-electron chi connectivity index (χ1n) is 8.21. The summed E-state index contributed by atoms with van der Waals surface area (Å²) in [5.41, 5.74) is 0. The van der Waals surface area contributed by atoms with Gasteiger partial charge in [-0.25, -0.2) is 9.18 Å². The van der Waals surface area contributed by atoms with E-state index in [1.54, 1.807) is 30.3 Å². The number of esters is 1. The molecular formula is C18H18FN3O4S. The fourth-order valence-electron chi connectivity index (χ4n) is 2.36. The Labute approximate surface area is 159 Å². The maximum atomic E-state index is 13.7. The molecule has 142 valence electrons. The number of thioether (sulfide) groups is 1. The molecule has 3 rings (SSSR count). The van der Waals surface area contributed by atoms with Gasteiger partial charge in [0, 0.05) is 6.54 Å². The molecule has 9 heteroatoms. The van der Waals surface area contributed by atoms with E-state index < -0.39 is 11.8 Å². The number of aromatic nitrogens is 3. The van der Waals surface area contributed by atoms with Crippen LogP contribution in [0.25, 0.3) is 0 Å². The van der Waals surface area contributed by atoms with E-state index in [0.29, 0.717) is 29.0 Å². The van der Waals surface area contributed by atoms with Crippen LogP contribution < -0.4 is 4.74 Å². The van der Waals surface area contributed by atoms with Crippen molar-refractivity contribution in [2.45, 2.75) is 31.0 Å². The minimum Gasteiger partial charge on any atom is -0.483 e. The lowest BCUT2D eigenvalue weighted by Crippen LogP contribution is -2.07. The molecule has 0 aliphatic heterocycles. The highest BCUT2D eigenvalue weighted by Gasteiger charge is 2.15. The molecule has 0 spiro atoms. The molecule has 0 saturated carbocycles. The summed E-state index contributed by atoms with van der Waals surface area (Å²) in [7, 11) is 1.30. The highest BCUT2D eigenvalue weighted by atomic mass is 32.2. The van der Waals surface area contributed by atoms with Gasteiger partial charge in [0.2, 0.25) is 5.76 Å². The van der Waals surface area contributed by atoms with Crippen molar-refractivity contribution in [3.05, 3.63) is 59.6 Å². The summed E-state index contributed by atoms with van der Waals surface area (Å²) < 4.78 is 31.1. The molecule has 0 amide bonds. The lowest BCUT2D eigenvalue weighted by molar-refractivity contribution is 0.0563. The molecule has 0 aliphatic rings.